The van der Waals surface area contributed by atoms with Crippen molar-refractivity contribution in [3.63, 3.8) is 0 Å². The normalized spacial score (nSPS) is 11.9. The summed E-state index contributed by atoms with van der Waals surface area (Å²) in [6.07, 6.45) is 0.494. The highest BCUT2D eigenvalue weighted by Gasteiger charge is 2.24. The minimum Gasteiger partial charge on any atom is -0.416 e. The summed E-state index contributed by atoms with van der Waals surface area (Å²) >= 11 is 2.88. The molecule has 2 aromatic carbocycles. The Kier molecular flexibility index (Phi) is 7.34. The molecule has 4 aromatic rings. The Bertz CT molecular complexity index is 1100. The first-order valence-electron chi connectivity index (χ1n) is 10.3. The minimum absolute atomic E-state index is 0.0255. The van der Waals surface area contributed by atoms with Crippen molar-refractivity contribution in [3.8, 4) is 0 Å². The first-order valence-corrected chi connectivity index (χ1v) is 12.1. The average Bonchev–Trinajstić information content (AvgIpc) is 3.42. The van der Waals surface area contributed by atoms with Gasteiger partial charge < -0.3 is 9.32 Å². The van der Waals surface area contributed by atoms with E-state index in [1.54, 1.807) is 11.3 Å². The van der Waals surface area contributed by atoms with Crippen LogP contribution < -0.4 is 0 Å². The van der Waals surface area contributed by atoms with Gasteiger partial charge in [0.15, 0.2) is 0 Å². The molecule has 0 N–H and O–H groups in total. The van der Waals surface area contributed by atoms with Crippen molar-refractivity contribution in [2.75, 3.05) is 0 Å². The lowest BCUT2D eigenvalue weighted by molar-refractivity contribution is -0.131. The highest BCUT2D eigenvalue weighted by atomic mass is 32.2. The molecule has 32 heavy (non-hydrogen) atoms. The zero-order valence-corrected chi connectivity index (χ0v) is 19.6. The molecule has 4 rings (SSSR count). The summed E-state index contributed by atoms with van der Waals surface area (Å²) in [5.41, 5.74) is 3.09. The van der Waals surface area contributed by atoms with Crippen molar-refractivity contribution < 1.29 is 9.21 Å². The van der Waals surface area contributed by atoms with Crippen LogP contribution in [0.4, 0.5) is 0 Å². The molecule has 164 valence electrons. The number of rotatable bonds is 9. The first kappa shape index (κ1) is 22.2. The van der Waals surface area contributed by atoms with Crippen LogP contribution in [0.15, 0.2) is 75.7 Å². The molecular formula is C24H24N4O2S2. The maximum atomic E-state index is 13.4. The predicted octanol–water partition coefficient (Wildman–Crippen LogP) is 5.13. The molecule has 1 unspecified atom stereocenters. The van der Waals surface area contributed by atoms with Gasteiger partial charge in [0.25, 0.3) is 5.22 Å². The molecule has 0 aliphatic carbocycles. The lowest BCUT2D eigenvalue weighted by Crippen LogP contribution is -2.35. The monoisotopic (exact) mass is 464 g/mol. The number of thiazole rings is 1. The summed E-state index contributed by atoms with van der Waals surface area (Å²) in [4.78, 5) is 19.7. The molecule has 6 nitrogen and oxygen atoms in total. The number of benzene rings is 2. The molecular weight excluding hydrogens is 440 g/mol. The minimum atomic E-state index is -0.364. The second kappa shape index (κ2) is 10.6. The van der Waals surface area contributed by atoms with Crippen LogP contribution in [0.25, 0.3) is 0 Å². The van der Waals surface area contributed by atoms with Gasteiger partial charge in [-0.05, 0) is 25.0 Å². The van der Waals surface area contributed by atoms with E-state index in [0.717, 1.165) is 21.8 Å². The molecule has 0 aliphatic heterocycles. The largest absolute Gasteiger partial charge is 0.416 e. The first-order chi connectivity index (χ1) is 15.6. The number of carbonyl (C=O) groups is 1. The fourth-order valence-electron chi connectivity index (χ4n) is 3.28. The number of amides is 1. The van der Waals surface area contributed by atoms with Gasteiger partial charge in [-0.15, -0.1) is 21.5 Å². The molecule has 1 atom stereocenters. The standard InChI is InChI=1S/C24H24N4O2S2/c1-17(32-24-27-26-22(30-24)13-21-16-31-18(2)25-21)23(29)28(14-19-9-5-3-6-10-19)15-20-11-7-4-8-12-20/h3-12,16-17H,13-15H2,1-2H3. The van der Waals surface area contributed by atoms with Crippen molar-refractivity contribution in [1.29, 1.82) is 0 Å². The zero-order chi connectivity index (χ0) is 22.3. The molecule has 0 aliphatic rings. The summed E-state index contributed by atoms with van der Waals surface area (Å²) < 4.78 is 5.77. The number of thioether (sulfide) groups is 1. The van der Waals surface area contributed by atoms with Crippen LogP contribution in [-0.4, -0.2) is 31.2 Å². The molecule has 2 heterocycles. The smallest absolute Gasteiger partial charge is 0.277 e. The molecule has 0 spiro atoms. The highest BCUT2D eigenvalue weighted by molar-refractivity contribution is 8.00. The number of nitrogens with zero attached hydrogens (tertiary/aromatic N) is 4. The molecule has 0 radical (unpaired) electrons. The van der Waals surface area contributed by atoms with Crippen LogP contribution in [0, 0.1) is 6.92 Å². The second-order valence-corrected chi connectivity index (χ2v) is 9.78. The SMILES string of the molecule is Cc1nc(Cc2nnc(SC(C)C(=O)N(Cc3ccccc3)Cc3ccccc3)o2)cs1. The van der Waals surface area contributed by atoms with Gasteiger partial charge in [-0.3, -0.25) is 4.79 Å². The summed E-state index contributed by atoms with van der Waals surface area (Å²) in [6, 6.07) is 20.1. The van der Waals surface area contributed by atoms with Crippen molar-refractivity contribution >= 4 is 29.0 Å². The van der Waals surface area contributed by atoms with Crippen LogP contribution in [0.5, 0.6) is 0 Å². The van der Waals surface area contributed by atoms with E-state index in [2.05, 4.69) is 15.2 Å². The van der Waals surface area contributed by atoms with Gasteiger partial charge in [0, 0.05) is 18.5 Å². The molecule has 8 heteroatoms. The summed E-state index contributed by atoms with van der Waals surface area (Å²) in [6.45, 7) is 4.92. The number of hydrogen-bond acceptors (Lipinski definition) is 7. The van der Waals surface area contributed by atoms with Crippen molar-refractivity contribution in [3.05, 3.63) is 93.8 Å². The molecule has 0 bridgehead atoms. The van der Waals surface area contributed by atoms with Crippen LogP contribution in [-0.2, 0) is 24.3 Å². The molecule has 2 aromatic heterocycles. The Hall–Kier alpha value is -2.97. The molecule has 0 fully saturated rings. The summed E-state index contributed by atoms with van der Waals surface area (Å²) in [7, 11) is 0. The van der Waals surface area contributed by atoms with E-state index < -0.39 is 0 Å². The fourth-order valence-corrected chi connectivity index (χ4v) is 4.68. The Morgan fingerprint density at radius 2 is 1.66 bits per heavy atom. The van der Waals surface area contributed by atoms with Gasteiger partial charge in [-0.2, -0.15) is 0 Å². The number of aryl methyl sites for hydroxylation is 1. The van der Waals surface area contributed by atoms with Crippen LogP contribution >= 0.6 is 23.1 Å². The number of aromatic nitrogens is 3. The van der Waals surface area contributed by atoms with Crippen LogP contribution in [0.3, 0.4) is 0 Å². The third-order valence-electron chi connectivity index (χ3n) is 4.82. The van der Waals surface area contributed by atoms with E-state index in [0.29, 0.717) is 30.6 Å². The van der Waals surface area contributed by atoms with Crippen molar-refractivity contribution in [1.82, 2.24) is 20.1 Å². The molecule has 1 amide bonds. The van der Waals surface area contributed by atoms with Crippen LogP contribution in [0.2, 0.25) is 0 Å². The average molecular weight is 465 g/mol. The fraction of sp³-hybridized carbons (Fsp3) is 0.250. The number of hydrogen-bond donors (Lipinski definition) is 0. The van der Waals surface area contributed by atoms with Crippen molar-refractivity contribution in [2.24, 2.45) is 0 Å². The quantitative estimate of drug-likeness (QED) is 0.320. The van der Waals surface area contributed by atoms with Gasteiger partial charge in [0.05, 0.1) is 22.4 Å². The van der Waals surface area contributed by atoms with Gasteiger partial charge in [-0.25, -0.2) is 4.98 Å². The van der Waals surface area contributed by atoms with E-state index >= 15 is 0 Å². The number of carbonyl (C=O) groups excluding carboxylic acids is 1. The summed E-state index contributed by atoms with van der Waals surface area (Å²) in [5.74, 6) is 0.528. The second-order valence-electron chi connectivity index (χ2n) is 7.42. The predicted molar refractivity (Wildman–Crippen MR) is 126 cm³/mol. The maximum Gasteiger partial charge on any atom is 0.277 e. The topological polar surface area (TPSA) is 72.1 Å². The third kappa shape index (κ3) is 6.05. The summed E-state index contributed by atoms with van der Waals surface area (Å²) in [5, 5.41) is 11.3. The van der Waals surface area contributed by atoms with Gasteiger partial charge in [0.1, 0.15) is 0 Å². The van der Waals surface area contributed by atoms with Crippen molar-refractivity contribution in [2.45, 2.75) is 43.8 Å². The highest BCUT2D eigenvalue weighted by Crippen LogP contribution is 2.25. The van der Waals surface area contributed by atoms with E-state index in [1.807, 2.05) is 84.8 Å². The lowest BCUT2D eigenvalue weighted by Gasteiger charge is -2.25. The van der Waals surface area contributed by atoms with Gasteiger partial charge in [-0.1, -0.05) is 72.4 Å². The molecule has 0 saturated carbocycles. The zero-order valence-electron chi connectivity index (χ0n) is 18.0. The third-order valence-corrected chi connectivity index (χ3v) is 6.56. The molecule has 0 saturated heterocycles. The van der Waals surface area contributed by atoms with E-state index in [1.165, 1.54) is 11.8 Å². The van der Waals surface area contributed by atoms with Gasteiger partial charge in [0.2, 0.25) is 11.8 Å². The van der Waals surface area contributed by atoms with Crippen LogP contribution in [0.1, 0.15) is 34.6 Å². The maximum absolute atomic E-state index is 13.4. The van der Waals surface area contributed by atoms with E-state index in [4.69, 9.17) is 4.42 Å². The Morgan fingerprint density at radius 1 is 1.03 bits per heavy atom. The Labute approximate surface area is 195 Å². The van der Waals surface area contributed by atoms with Gasteiger partial charge >= 0.3 is 0 Å². The Morgan fingerprint density at radius 3 is 2.22 bits per heavy atom. The lowest BCUT2D eigenvalue weighted by atomic mass is 10.1. The van der Waals surface area contributed by atoms with E-state index in [-0.39, 0.29) is 11.2 Å². The van der Waals surface area contributed by atoms with E-state index in [9.17, 15) is 4.79 Å². The Balaban J connectivity index is 1.43.